The molecule has 0 unspecified atom stereocenters. The predicted molar refractivity (Wildman–Crippen MR) is 109 cm³/mol. The van der Waals surface area contributed by atoms with Crippen molar-refractivity contribution < 1.29 is 4.79 Å². The summed E-state index contributed by atoms with van der Waals surface area (Å²) in [4.78, 5) is 26.5. The van der Waals surface area contributed by atoms with Gasteiger partial charge in [-0.3, -0.25) is 14.7 Å². The molecule has 0 bridgehead atoms. The van der Waals surface area contributed by atoms with Gasteiger partial charge in [-0.25, -0.2) is 4.98 Å². The Hall–Kier alpha value is -0.940. The van der Waals surface area contributed by atoms with Crippen LogP contribution in [0.1, 0.15) is 11.4 Å². The summed E-state index contributed by atoms with van der Waals surface area (Å²) < 4.78 is 0. The van der Waals surface area contributed by atoms with Gasteiger partial charge in [-0.2, -0.15) is 0 Å². The molecule has 1 aromatic heterocycles. The molecular weight excluding hydrogens is 439 g/mol. The van der Waals surface area contributed by atoms with Crippen molar-refractivity contribution in [2.24, 2.45) is 4.99 Å². The Labute approximate surface area is 165 Å². The fourth-order valence-electron chi connectivity index (χ4n) is 2.49. The lowest BCUT2D eigenvalue weighted by Gasteiger charge is -2.36. The highest BCUT2D eigenvalue weighted by Crippen LogP contribution is 2.06. The first-order valence-electron chi connectivity index (χ1n) is 7.86. The van der Waals surface area contributed by atoms with Crippen molar-refractivity contribution in [2.45, 2.75) is 13.0 Å². The quantitative estimate of drug-likeness (QED) is 0.398. The summed E-state index contributed by atoms with van der Waals surface area (Å²) in [5.74, 6) is 1.11. The van der Waals surface area contributed by atoms with Gasteiger partial charge in [-0.05, 0) is 0 Å². The molecule has 1 amide bonds. The van der Waals surface area contributed by atoms with Crippen molar-refractivity contribution in [1.82, 2.24) is 25.0 Å². The molecule has 0 aliphatic carbocycles. The predicted octanol–water partition coefficient (Wildman–Crippen LogP) is 0.932. The molecule has 9 heteroatoms. The topological polar surface area (TPSA) is 64.1 Å². The van der Waals surface area contributed by atoms with Crippen LogP contribution < -0.4 is 5.32 Å². The van der Waals surface area contributed by atoms with E-state index >= 15 is 0 Å². The van der Waals surface area contributed by atoms with Gasteiger partial charge in [-0.15, -0.1) is 35.3 Å². The van der Waals surface area contributed by atoms with Gasteiger partial charge in [-0.1, -0.05) is 0 Å². The molecule has 136 valence electrons. The van der Waals surface area contributed by atoms with Crippen LogP contribution in [0, 0.1) is 0 Å². The summed E-state index contributed by atoms with van der Waals surface area (Å²) in [7, 11) is 5.42. The zero-order valence-corrected chi connectivity index (χ0v) is 17.7. The van der Waals surface area contributed by atoms with Gasteiger partial charge in [0.2, 0.25) is 5.91 Å². The average molecular weight is 466 g/mol. The Bertz CT molecular complexity index is 514. The minimum Gasteiger partial charge on any atom is -0.350 e. The molecule has 24 heavy (non-hydrogen) atoms. The maximum absolute atomic E-state index is 11.7. The number of halogens is 1. The lowest BCUT2D eigenvalue weighted by molar-refractivity contribution is -0.129. The second-order valence-corrected chi connectivity index (χ2v) is 6.67. The number of aliphatic imine (C=N–C) groups is 1. The smallest absolute Gasteiger partial charge is 0.223 e. The fraction of sp³-hybridized carbons (Fsp3) is 0.667. The van der Waals surface area contributed by atoms with Gasteiger partial charge in [0.15, 0.2) is 5.96 Å². The normalized spacial score (nSPS) is 15.8. The van der Waals surface area contributed by atoms with E-state index in [0.717, 1.165) is 43.7 Å². The molecule has 1 saturated heterocycles. The summed E-state index contributed by atoms with van der Waals surface area (Å²) in [6, 6.07) is 0. The number of rotatable bonds is 5. The number of nitrogens with one attached hydrogen (secondary N) is 1. The maximum atomic E-state index is 11.7. The lowest BCUT2D eigenvalue weighted by Crippen LogP contribution is -2.52. The summed E-state index contributed by atoms with van der Waals surface area (Å²) in [6.45, 7) is 5.30. The Morgan fingerprint density at radius 3 is 2.62 bits per heavy atom. The van der Waals surface area contributed by atoms with E-state index in [2.05, 4.69) is 25.1 Å². The fourth-order valence-corrected chi connectivity index (χ4v) is 3.04. The van der Waals surface area contributed by atoms with Crippen LogP contribution in [-0.2, 0) is 11.3 Å². The number of guanidine groups is 1. The van der Waals surface area contributed by atoms with E-state index in [1.807, 2.05) is 18.6 Å². The second kappa shape index (κ2) is 10.8. The molecular formula is C15H27IN6OS. The number of carbonyl (C=O) groups excluding carboxylic acids is 1. The summed E-state index contributed by atoms with van der Waals surface area (Å²) in [5.41, 5.74) is 0. The van der Waals surface area contributed by atoms with Crippen LogP contribution in [0.2, 0.25) is 0 Å². The lowest BCUT2D eigenvalue weighted by atomic mass is 10.3. The zero-order chi connectivity index (χ0) is 16.7. The molecule has 1 aliphatic rings. The number of hydrogen-bond acceptors (Lipinski definition) is 5. The first-order chi connectivity index (χ1) is 11.1. The van der Waals surface area contributed by atoms with Crippen LogP contribution in [0.25, 0.3) is 0 Å². The minimum atomic E-state index is 0. The third kappa shape index (κ3) is 6.52. The highest BCUT2D eigenvalue weighted by molar-refractivity contribution is 14.0. The molecule has 0 spiro atoms. The van der Waals surface area contributed by atoms with E-state index in [0.29, 0.717) is 13.0 Å². The molecule has 0 saturated carbocycles. The van der Waals surface area contributed by atoms with E-state index in [4.69, 9.17) is 0 Å². The monoisotopic (exact) mass is 466 g/mol. The number of thiazole rings is 1. The third-order valence-electron chi connectivity index (χ3n) is 3.91. The maximum Gasteiger partial charge on any atom is 0.223 e. The Kier molecular flexibility index (Phi) is 9.52. The number of amides is 1. The van der Waals surface area contributed by atoms with Crippen molar-refractivity contribution in [1.29, 1.82) is 0 Å². The number of nitrogens with zero attached hydrogens (tertiary/aromatic N) is 5. The first kappa shape index (κ1) is 21.1. The van der Waals surface area contributed by atoms with Gasteiger partial charge in [0, 0.05) is 71.9 Å². The Morgan fingerprint density at radius 2 is 2.08 bits per heavy atom. The van der Waals surface area contributed by atoms with Crippen molar-refractivity contribution in [3.05, 3.63) is 16.6 Å². The summed E-state index contributed by atoms with van der Waals surface area (Å²) >= 11 is 1.64. The van der Waals surface area contributed by atoms with Crippen LogP contribution in [0.3, 0.4) is 0 Å². The molecule has 2 heterocycles. The molecule has 1 N–H and O–H groups in total. The Morgan fingerprint density at radius 1 is 1.38 bits per heavy atom. The number of piperazine rings is 1. The van der Waals surface area contributed by atoms with E-state index in [-0.39, 0.29) is 29.9 Å². The van der Waals surface area contributed by atoms with Crippen LogP contribution in [-0.4, -0.2) is 85.4 Å². The Balaban J connectivity index is 0.00000288. The second-order valence-electron chi connectivity index (χ2n) is 5.69. The average Bonchev–Trinajstić information content (AvgIpc) is 3.07. The van der Waals surface area contributed by atoms with Crippen LogP contribution in [0.5, 0.6) is 0 Å². The van der Waals surface area contributed by atoms with Crippen LogP contribution in [0.4, 0.5) is 0 Å². The van der Waals surface area contributed by atoms with E-state index < -0.39 is 0 Å². The standard InChI is InChI=1S/C15H26N6OS.HI/c1-16-15(18-12-13-17-5-11-23-13)21-9-7-20(8-10-21)6-4-14(22)19(2)3;/h5,11H,4,6-10,12H2,1-3H3,(H,16,18);1H. The van der Waals surface area contributed by atoms with Gasteiger partial charge < -0.3 is 15.1 Å². The third-order valence-corrected chi connectivity index (χ3v) is 4.69. The SMILES string of the molecule is CN=C(NCc1nccs1)N1CCN(CCC(=O)N(C)C)CC1.I. The summed E-state index contributed by atoms with van der Waals surface area (Å²) in [5, 5.41) is 6.41. The first-order valence-corrected chi connectivity index (χ1v) is 8.74. The van der Waals surface area contributed by atoms with Crippen molar-refractivity contribution in [3.8, 4) is 0 Å². The molecule has 1 aliphatic heterocycles. The number of hydrogen-bond donors (Lipinski definition) is 1. The number of carbonyl (C=O) groups is 1. The van der Waals surface area contributed by atoms with Crippen molar-refractivity contribution in [2.75, 3.05) is 53.9 Å². The van der Waals surface area contributed by atoms with Gasteiger partial charge in [0.1, 0.15) is 5.01 Å². The van der Waals surface area contributed by atoms with E-state index in [9.17, 15) is 4.79 Å². The van der Waals surface area contributed by atoms with E-state index in [1.165, 1.54) is 0 Å². The van der Waals surface area contributed by atoms with Crippen molar-refractivity contribution in [3.63, 3.8) is 0 Å². The molecule has 2 rings (SSSR count). The zero-order valence-electron chi connectivity index (χ0n) is 14.6. The van der Waals surface area contributed by atoms with E-state index in [1.54, 1.807) is 30.3 Å². The minimum absolute atomic E-state index is 0. The van der Waals surface area contributed by atoms with Crippen LogP contribution >= 0.6 is 35.3 Å². The van der Waals surface area contributed by atoms with Gasteiger partial charge in [0.05, 0.1) is 6.54 Å². The highest BCUT2D eigenvalue weighted by atomic mass is 127. The number of aromatic nitrogens is 1. The molecule has 0 radical (unpaired) electrons. The molecule has 7 nitrogen and oxygen atoms in total. The molecule has 0 atom stereocenters. The van der Waals surface area contributed by atoms with Crippen LogP contribution in [0.15, 0.2) is 16.6 Å². The summed E-state index contributed by atoms with van der Waals surface area (Å²) in [6.07, 6.45) is 2.41. The van der Waals surface area contributed by atoms with Gasteiger partial charge >= 0.3 is 0 Å². The molecule has 0 aromatic carbocycles. The molecule has 1 fully saturated rings. The van der Waals surface area contributed by atoms with Gasteiger partial charge in [0.25, 0.3) is 0 Å². The largest absolute Gasteiger partial charge is 0.350 e. The van der Waals surface area contributed by atoms with Crippen molar-refractivity contribution >= 4 is 47.2 Å². The highest BCUT2D eigenvalue weighted by Gasteiger charge is 2.20. The molecule has 1 aromatic rings.